The lowest BCUT2D eigenvalue weighted by molar-refractivity contribution is -0.127. The molecule has 2 rings (SSSR count). The Balaban J connectivity index is 1.71. The Labute approximate surface area is 102 Å². The maximum absolute atomic E-state index is 11.9. The standard InChI is InChI=1S/C12H21N3O2/c1-2-4-10-11(16)15(12(17)14-10)8-3-7-13-9-5-6-9/h9-10,13H,2-8H2,1H3,(H,14,17). The van der Waals surface area contributed by atoms with Gasteiger partial charge in [0, 0.05) is 12.6 Å². The van der Waals surface area contributed by atoms with Crippen molar-refractivity contribution < 1.29 is 9.59 Å². The van der Waals surface area contributed by atoms with E-state index in [-0.39, 0.29) is 18.0 Å². The van der Waals surface area contributed by atoms with Crippen molar-refractivity contribution in [2.75, 3.05) is 13.1 Å². The first-order chi connectivity index (χ1) is 8.22. The zero-order valence-electron chi connectivity index (χ0n) is 10.4. The molecule has 0 spiro atoms. The monoisotopic (exact) mass is 239 g/mol. The summed E-state index contributed by atoms with van der Waals surface area (Å²) in [7, 11) is 0. The fourth-order valence-corrected chi connectivity index (χ4v) is 2.10. The minimum absolute atomic E-state index is 0.0525. The van der Waals surface area contributed by atoms with Gasteiger partial charge in [-0.25, -0.2) is 4.79 Å². The molecule has 5 heteroatoms. The van der Waals surface area contributed by atoms with E-state index >= 15 is 0 Å². The average Bonchev–Trinajstić information content (AvgIpc) is 3.07. The van der Waals surface area contributed by atoms with Crippen LogP contribution in [0.5, 0.6) is 0 Å². The molecule has 0 aromatic heterocycles. The Morgan fingerprint density at radius 3 is 2.82 bits per heavy atom. The first-order valence-electron chi connectivity index (χ1n) is 6.57. The van der Waals surface area contributed by atoms with Crippen molar-refractivity contribution in [3.8, 4) is 0 Å². The van der Waals surface area contributed by atoms with Crippen molar-refractivity contribution in [2.24, 2.45) is 0 Å². The predicted octanol–water partition coefficient (Wildman–Crippen LogP) is 0.849. The van der Waals surface area contributed by atoms with Crippen molar-refractivity contribution in [1.82, 2.24) is 15.5 Å². The molecule has 17 heavy (non-hydrogen) atoms. The summed E-state index contributed by atoms with van der Waals surface area (Å²) in [5.74, 6) is -0.0525. The smallest absolute Gasteiger partial charge is 0.324 e. The van der Waals surface area contributed by atoms with Gasteiger partial charge in [-0.1, -0.05) is 13.3 Å². The zero-order valence-corrected chi connectivity index (χ0v) is 10.4. The normalized spacial score (nSPS) is 24.3. The van der Waals surface area contributed by atoms with E-state index in [2.05, 4.69) is 10.6 Å². The Morgan fingerprint density at radius 2 is 2.18 bits per heavy atom. The molecule has 3 amide bonds. The number of rotatable bonds is 7. The molecule has 0 aromatic carbocycles. The van der Waals surface area contributed by atoms with E-state index in [1.807, 2.05) is 6.92 Å². The Kier molecular flexibility index (Phi) is 3.99. The number of hydrogen-bond acceptors (Lipinski definition) is 3. The number of carbonyl (C=O) groups is 2. The number of amides is 3. The van der Waals surface area contributed by atoms with Gasteiger partial charge in [0.1, 0.15) is 6.04 Å². The van der Waals surface area contributed by atoms with Crippen LogP contribution in [0.3, 0.4) is 0 Å². The Hall–Kier alpha value is -1.10. The van der Waals surface area contributed by atoms with Crippen molar-refractivity contribution >= 4 is 11.9 Å². The quantitative estimate of drug-likeness (QED) is 0.511. The Bertz CT molecular complexity index is 302. The maximum Gasteiger partial charge on any atom is 0.324 e. The molecule has 5 nitrogen and oxygen atoms in total. The molecule has 0 radical (unpaired) electrons. The lowest BCUT2D eigenvalue weighted by atomic mass is 10.2. The van der Waals surface area contributed by atoms with Gasteiger partial charge in [0.15, 0.2) is 0 Å². The average molecular weight is 239 g/mol. The van der Waals surface area contributed by atoms with Crippen molar-refractivity contribution in [3.63, 3.8) is 0 Å². The van der Waals surface area contributed by atoms with Crippen LogP contribution in [-0.2, 0) is 4.79 Å². The predicted molar refractivity (Wildman–Crippen MR) is 64.6 cm³/mol. The van der Waals surface area contributed by atoms with Crippen LogP contribution < -0.4 is 10.6 Å². The van der Waals surface area contributed by atoms with Gasteiger partial charge < -0.3 is 10.6 Å². The lowest BCUT2D eigenvalue weighted by Crippen LogP contribution is -2.34. The number of carbonyl (C=O) groups excluding carboxylic acids is 2. The van der Waals surface area contributed by atoms with Gasteiger partial charge in [0.25, 0.3) is 5.91 Å². The summed E-state index contributed by atoms with van der Waals surface area (Å²) in [6, 6.07) is 0.176. The summed E-state index contributed by atoms with van der Waals surface area (Å²) in [6.45, 7) is 3.44. The molecule has 1 saturated heterocycles. The molecule has 1 unspecified atom stereocenters. The van der Waals surface area contributed by atoms with Gasteiger partial charge in [-0.05, 0) is 32.2 Å². The van der Waals surface area contributed by atoms with Gasteiger partial charge in [-0.2, -0.15) is 0 Å². The van der Waals surface area contributed by atoms with Crippen molar-refractivity contribution in [2.45, 2.75) is 51.1 Å². The highest BCUT2D eigenvalue weighted by atomic mass is 16.2. The molecular formula is C12H21N3O2. The van der Waals surface area contributed by atoms with Crippen LogP contribution in [0.2, 0.25) is 0 Å². The van der Waals surface area contributed by atoms with Crippen LogP contribution in [0.4, 0.5) is 4.79 Å². The minimum Gasteiger partial charge on any atom is -0.326 e. The third-order valence-corrected chi connectivity index (χ3v) is 3.25. The molecule has 0 aromatic rings. The largest absolute Gasteiger partial charge is 0.326 e. The van der Waals surface area contributed by atoms with Gasteiger partial charge in [0.05, 0.1) is 0 Å². The van der Waals surface area contributed by atoms with Crippen LogP contribution >= 0.6 is 0 Å². The number of nitrogens with one attached hydrogen (secondary N) is 2. The van der Waals surface area contributed by atoms with E-state index in [4.69, 9.17) is 0 Å². The SMILES string of the molecule is CCCC1NC(=O)N(CCCNC2CC2)C1=O. The Morgan fingerprint density at radius 1 is 1.41 bits per heavy atom. The summed E-state index contributed by atoms with van der Waals surface area (Å²) >= 11 is 0. The second kappa shape index (κ2) is 5.49. The van der Waals surface area contributed by atoms with Crippen LogP contribution in [-0.4, -0.2) is 42.0 Å². The first kappa shape index (κ1) is 12.4. The third-order valence-electron chi connectivity index (χ3n) is 3.25. The summed E-state index contributed by atoms with van der Waals surface area (Å²) in [6.07, 6.45) is 5.02. The number of urea groups is 1. The van der Waals surface area contributed by atoms with E-state index in [9.17, 15) is 9.59 Å². The number of imide groups is 1. The van der Waals surface area contributed by atoms with Crippen LogP contribution in [0, 0.1) is 0 Å². The van der Waals surface area contributed by atoms with E-state index in [1.54, 1.807) is 0 Å². The van der Waals surface area contributed by atoms with Crippen LogP contribution in [0.25, 0.3) is 0 Å². The van der Waals surface area contributed by atoms with E-state index < -0.39 is 0 Å². The molecule has 96 valence electrons. The molecule has 1 saturated carbocycles. The summed E-state index contributed by atoms with van der Waals surface area (Å²) in [4.78, 5) is 24.8. The van der Waals surface area contributed by atoms with E-state index in [0.717, 1.165) is 25.8 Å². The van der Waals surface area contributed by atoms with Gasteiger partial charge in [-0.15, -0.1) is 0 Å². The van der Waals surface area contributed by atoms with Crippen molar-refractivity contribution in [1.29, 1.82) is 0 Å². The number of hydrogen-bond donors (Lipinski definition) is 2. The van der Waals surface area contributed by atoms with E-state index in [1.165, 1.54) is 17.7 Å². The minimum atomic E-state index is -0.288. The highest BCUT2D eigenvalue weighted by molar-refractivity contribution is 6.04. The second-order valence-corrected chi connectivity index (χ2v) is 4.86. The zero-order chi connectivity index (χ0) is 12.3. The maximum atomic E-state index is 11.9. The molecule has 2 aliphatic rings. The van der Waals surface area contributed by atoms with Gasteiger partial charge >= 0.3 is 6.03 Å². The van der Waals surface area contributed by atoms with Gasteiger partial charge in [0.2, 0.25) is 0 Å². The van der Waals surface area contributed by atoms with E-state index in [0.29, 0.717) is 12.6 Å². The third kappa shape index (κ3) is 3.19. The fraction of sp³-hybridized carbons (Fsp3) is 0.833. The molecule has 0 bridgehead atoms. The molecule has 1 atom stereocenters. The summed E-state index contributed by atoms with van der Waals surface area (Å²) < 4.78 is 0. The first-order valence-corrected chi connectivity index (χ1v) is 6.57. The topological polar surface area (TPSA) is 61.4 Å². The number of nitrogens with zero attached hydrogens (tertiary/aromatic N) is 1. The molecule has 1 aliphatic heterocycles. The molecule has 1 aliphatic carbocycles. The highest BCUT2D eigenvalue weighted by Gasteiger charge is 2.36. The molecular weight excluding hydrogens is 218 g/mol. The molecule has 1 heterocycles. The second-order valence-electron chi connectivity index (χ2n) is 4.86. The highest BCUT2D eigenvalue weighted by Crippen LogP contribution is 2.18. The molecule has 2 N–H and O–H groups in total. The summed E-state index contributed by atoms with van der Waals surface area (Å²) in [5.41, 5.74) is 0. The van der Waals surface area contributed by atoms with Crippen molar-refractivity contribution in [3.05, 3.63) is 0 Å². The van der Waals surface area contributed by atoms with Gasteiger partial charge in [-0.3, -0.25) is 9.69 Å². The van der Waals surface area contributed by atoms with Crippen LogP contribution in [0.15, 0.2) is 0 Å². The van der Waals surface area contributed by atoms with Crippen LogP contribution in [0.1, 0.15) is 39.0 Å². The molecule has 2 fully saturated rings. The fourth-order valence-electron chi connectivity index (χ4n) is 2.10. The lowest BCUT2D eigenvalue weighted by Gasteiger charge is -2.12. The summed E-state index contributed by atoms with van der Waals surface area (Å²) in [5, 5.41) is 6.11.